The first-order chi connectivity index (χ1) is 11.0. The minimum Gasteiger partial charge on any atom is -0.465 e. The zero-order chi connectivity index (χ0) is 16.4. The molecule has 0 spiro atoms. The van der Waals surface area contributed by atoms with Crippen molar-refractivity contribution in [3.05, 3.63) is 54.4 Å². The highest BCUT2D eigenvalue weighted by Gasteiger charge is 2.17. The zero-order valence-corrected chi connectivity index (χ0v) is 12.8. The highest BCUT2D eigenvalue weighted by atomic mass is 32.2. The number of nitrogens with one attached hydrogen (secondary N) is 1. The molecule has 0 unspecified atom stereocenters. The number of ether oxygens (including phenoxy) is 1. The van der Waals surface area contributed by atoms with Crippen LogP contribution in [0.5, 0.6) is 0 Å². The second kappa shape index (κ2) is 5.73. The van der Waals surface area contributed by atoms with Crippen molar-refractivity contribution in [2.24, 2.45) is 0 Å². The van der Waals surface area contributed by atoms with Gasteiger partial charge in [0.1, 0.15) is 5.52 Å². The fourth-order valence-electron chi connectivity index (χ4n) is 2.04. The topological polar surface area (TPSA) is 98.5 Å². The van der Waals surface area contributed by atoms with Crippen molar-refractivity contribution in [3.63, 3.8) is 0 Å². The number of oxazole rings is 1. The van der Waals surface area contributed by atoms with Crippen LogP contribution in [0, 0.1) is 0 Å². The number of carbonyl (C=O) groups excluding carboxylic acids is 1. The minimum absolute atomic E-state index is 0.0411. The van der Waals surface area contributed by atoms with E-state index in [-0.39, 0.29) is 10.5 Å². The molecule has 7 nitrogen and oxygen atoms in total. The third-order valence-corrected chi connectivity index (χ3v) is 4.53. The summed E-state index contributed by atoms with van der Waals surface area (Å²) in [6, 6.07) is 10.3. The van der Waals surface area contributed by atoms with Crippen LogP contribution in [0.2, 0.25) is 0 Å². The zero-order valence-electron chi connectivity index (χ0n) is 12.0. The first-order valence-electron chi connectivity index (χ1n) is 6.54. The summed E-state index contributed by atoms with van der Waals surface area (Å²) in [5.41, 5.74) is 1.59. The van der Waals surface area contributed by atoms with Gasteiger partial charge in [-0.05, 0) is 36.4 Å². The Labute approximate surface area is 131 Å². The lowest BCUT2D eigenvalue weighted by Crippen LogP contribution is -2.14. The van der Waals surface area contributed by atoms with Gasteiger partial charge in [0, 0.05) is 0 Å². The Kier molecular flexibility index (Phi) is 3.75. The van der Waals surface area contributed by atoms with E-state index in [9.17, 15) is 13.2 Å². The van der Waals surface area contributed by atoms with Gasteiger partial charge in [-0.1, -0.05) is 6.07 Å². The Balaban J connectivity index is 1.93. The van der Waals surface area contributed by atoms with Crippen LogP contribution in [0.3, 0.4) is 0 Å². The maximum atomic E-state index is 12.4. The van der Waals surface area contributed by atoms with Crippen molar-refractivity contribution < 1.29 is 22.4 Å². The van der Waals surface area contributed by atoms with Gasteiger partial charge in [-0.15, -0.1) is 0 Å². The van der Waals surface area contributed by atoms with Crippen LogP contribution >= 0.6 is 0 Å². The number of aromatic nitrogens is 1. The van der Waals surface area contributed by atoms with E-state index in [1.54, 1.807) is 18.2 Å². The number of hydrogen-bond donors (Lipinski definition) is 1. The number of nitrogens with zero attached hydrogens (tertiary/aromatic N) is 1. The van der Waals surface area contributed by atoms with Gasteiger partial charge in [-0.25, -0.2) is 18.2 Å². The van der Waals surface area contributed by atoms with E-state index in [1.807, 2.05) is 0 Å². The van der Waals surface area contributed by atoms with Gasteiger partial charge in [0.2, 0.25) is 0 Å². The van der Waals surface area contributed by atoms with Gasteiger partial charge in [-0.2, -0.15) is 0 Å². The quantitative estimate of drug-likeness (QED) is 0.737. The number of rotatable bonds is 4. The van der Waals surface area contributed by atoms with E-state index in [0.717, 1.165) is 0 Å². The van der Waals surface area contributed by atoms with Crippen molar-refractivity contribution in [1.82, 2.24) is 4.98 Å². The van der Waals surface area contributed by atoms with E-state index in [4.69, 9.17) is 4.42 Å². The lowest BCUT2D eigenvalue weighted by atomic mass is 10.2. The van der Waals surface area contributed by atoms with E-state index >= 15 is 0 Å². The largest absolute Gasteiger partial charge is 0.465 e. The molecule has 0 saturated heterocycles. The van der Waals surface area contributed by atoms with Gasteiger partial charge < -0.3 is 9.15 Å². The molecular formula is C15H12N2O5S. The molecule has 0 saturated carbocycles. The fourth-order valence-corrected chi connectivity index (χ4v) is 3.14. The third-order valence-electron chi connectivity index (χ3n) is 3.15. The van der Waals surface area contributed by atoms with E-state index < -0.39 is 16.0 Å². The van der Waals surface area contributed by atoms with Crippen LogP contribution in [0.4, 0.5) is 5.69 Å². The number of sulfonamides is 1. The molecule has 8 heteroatoms. The molecule has 1 aromatic heterocycles. The van der Waals surface area contributed by atoms with Gasteiger partial charge >= 0.3 is 5.97 Å². The molecule has 3 rings (SSSR count). The van der Waals surface area contributed by atoms with Crippen LogP contribution in [0.25, 0.3) is 11.1 Å². The molecule has 0 aliphatic heterocycles. The lowest BCUT2D eigenvalue weighted by Gasteiger charge is -2.09. The van der Waals surface area contributed by atoms with Crippen LogP contribution in [0.15, 0.2) is 58.2 Å². The molecule has 3 aromatic rings. The summed E-state index contributed by atoms with van der Waals surface area (Å²) in [5.74, 6) is -0.605. The molecule has 1 heterocycles. The van der Waals surface area contributed by atoms with Gasteiger partial charge in [0.05, 0.1) is 23.3 Å². The summed E-state index contributed by atoms with van der Waals surface area (Å²) in [6.45, 7) is 0. The Morgan fingerprint density at radius 2 is 2.04 bits per heavy atom. The average molecular weight is 332 g/mol. The Morgan fingerprint density at radius 3 is 2.83 bits per heavy atom. The van der Waals surface area contributed by atoms with Crippen molar-refractivity contribution in [2.75, 3.05) is 11.8 Å². The summed E-state index contributed by atoms with van der Waals surface area (Å²) >= 11 is 0. The van der Waals surface area contributed by atoms with E-state index in [2.05, 4.69) is 14.4 Å². The molecular weight excluding hydrogens is 320 g/mol. The van der Waals surface area contributed by atoms with Gasteiger partial charge in [-0.3, -0.25) is 4.72 Å². The number of esters is 1. The molecule has 2 aromatic carbocycles. The van der Waals surface area contributed by atoms with Crippen LogP contribution in [0.1, 0.15) is 10.4 Å². The maximum absolute atomic E-state index is 12.4. The van der Waals surface area contributed by atoms with Gasteiger partial charge in [0.15, 0.2) is 12.0 Å². The summed E-state index contributed by atoms with van der Waals surface area (Å²) in [6.07, 6.45) is 1.28. The van der Waals surface area contributed by atoms with Crippen LogP contribution in [-0.4, -0.2) is 26.5 Å². The molecule has 1 N–H and O–H groups in total. The molecule has 118 valence electrons. The monoisotopic (exact) mass is 332 g/mol. The standard InChI is InChI=1S/C15H12N2O5S/c1-21-15(18)10-3-2-4-12(7-10)23(19,20)17-11-5-6-14-13(8-11)16-9-22-14/h2-9,17H,1H3. The number of benzene rings is 2. The van der Waals surface area contributed by atoms with Gasteiger partial charge in [0.25, 0.3) is 10.0 Å². The highest BCUT2D eigenvalue weighted by molar-refractivity contribution is 7.92. The molecule has 0 bridgehead atoms. The molecule has 0 aliphatic carbocycles. The molecule has 0 amide bonds. The second-order valence-corrected chi connectivity index (χ2v) is 6.34. The number of methoxy groups -OCH3 is 1. The summed E-state index contributed by atoms with van der Waals surface area (Å²) in [5, 5.41) is 0. The minimum atomic E-state index is -3.85. The molecule has 0 aliphatic rings. The van der Waals surface area contributed by atoms with E-state index in [1.165, 1.54) is 37.8 Å². The van der Waals surface area contributed by atoms with Crippen molar-refractivity contribution in [1.29, 1.82) is 0 Å². The smallest absolute Gasteiger partial charge is 0.337 e. The number of hydrogen-bond acceptors (Lipinski definition) is 6. The lowest BCUT2D eigenvalue weighted by molar-refractivity contribution is 0.0600. The predicted molar refractivity (Wildman–Crippen MR) is 82.6 cm³/mol. The van der Waals surface area contributed by atoms with Crippen LogP contribution in [-0.2, 0) is 14.8 Å². The average Bonchev–Trinajstić information content (AvgIpc) is 3.01. The normalized spacial score (nSPS) is 11.3. The molecule has 0 atom stereocenters. The van der Waals surface area contributed by atoms with Crippen molar-refractivity contribution in [2.45, 2.75) is 4.90 Å². The number of anilines is 1. The predicted octanol–water partition coefficient (Wildman–Crippen LogP) is 2.42. The van der Waals surface area contributed by atoms with Crippen molar-refractivity contribution in [3.8, 4) is 0 Å². The maximum Gasteiger partial charge on any atom is 0.337 e. The fraction of sp³-hybridized carbons (Fsp3) is 0.0667. The van der Waals surface area contributed by atoms with Crippen LogP contribution < -0.4 is 4.72 Å². The molecule has 0 fully saturated rings. The number of carbonyl (C=O) groups is 1. The molecule has 23 heavy (non-hydrogen) atoms. The SMILES string of the molecule is COC(=O)c1cccc(S(=O)(=O)Nc2ccc3ocnc3c2)c1. The van der Waals surface area contributed by atoms with E-state index in [0.29, 0.717) is 16.8 Å². The summed E-state index contributed by atoms with van der Waals surface area (Å²) in [4.78, 5) is 15.4. The number of fused-ring (bicyclic) bond motifs is 1. The summed E-state index contributed by atoms with van der Waals surface area (Å²) in [7, 11) is -2.61. The Hall–Kier alpha value is -2.87. The Morgan fingerprint density at radius 1 is 1.22 bits per heavy atom. The van der Waals surface area contributed by atoms with Crippen molar-refractivity contribution >= 4 is 32.8 Å². The first kappa shape index (κ1) is 15.0. The molecule has 0 radical (unpaired) electrons. The Bertz CT molecular complexity index is 978. The summed E-state index contributed by atoms with van der Waals surface area (Å²) < 4.78 is 37.0. The second-order valence-electron chi connectivity index (χ2n) is 4.66. The first-order valence-corrected chi connectivity index (χ1v) is 8.02. The highest BCUT2D eigenvalue weighted by Crippen LogP contribution is 2.21. The third kappa shape index (κ3) is 3.02.